The van der Waals surface area contributed by atoms with E-state index in [2.05, 4.69) is 5.32 Å². The summed E-state index contributed by atoms with van der Waals surface area (Å²) >= 11 is 0. The second kappa shape index (κ2) is 5.05. The summed E-state index contributed by atoms with van der Waals surface area (Å²) in [5.74, 6) is -0.156. The number of carbonyl (C=O) groups excluding carboxylic acids is 1. The highest BCUT2D eigenvalue weighted by Crippen LogP contribution is 2.21. The molecule has 1 saturated heterocycles. The number of carbonyl (C=O) groups is 1. The lowest BCUT2D eigenvalue weighted by Crippen LogP contribution is -2.24. The maximum Gasteiger partial charge on any atom is 0.280 e. The van der Waals surface area contributed by atoms with E-state index >= 15 is 0 Å². The summed E-state index contributed by atoms with van der Waals surface area (Å²) in [6.07, 6.45) is 2.37. The molecule has 0 saturated carbocycles. The van der Waals surface area contributed by atoms with E-state index in [0.29, 0.717) is 6.42 Å². The number of para-hydroxylation sites is 1. The van der Waals surface area contributed by atoms with Crippen molar-refractivity contribution < 1.29 is 9.72 Å². The lowest BCUT2D eigenvalue weighted by Gasteiger charge is -2.08. The van der Waals surface area contributed by atoms with Gasteiger partial charge in [-0.25, -0.2) is 0 Å². The van der Waals surface area contributed by atoms with Gasteiger partial charge in [0.25, 0.3) is 5.69 Å². The lowest BCUT2D eigenvalue weighted by atomic mass is 10.0. The highest BCUT2D eigenvalue weighted by Gasteiger charge is 2.23. The molecule has 1 aromatic carbocycles. The fourth-order valence-electron chi connectivity index (χ4n) is 2.13. The molecule has 1 fully saturated rings. The Labute approximate surface area is 99.0 Å². The molecule has 0 bridgehead atoms. The van der Waals surface area contributed by atoms with E-state index in [0.717, 1.165) is 19.4 Å². The van der Waals surface area contributed by atoms with E-state index in [1.54, 1.807) is 12.1 Å². The van der Waals surface area contributed by atoms with Crippen LogP contribution in [-0.2, 0) is 0 Å². The number of nitrogens with one attached hydrogen (secondary N) is 1. The van der Waals surface area contributed by atoms with Crippen LogP contribution in [0.3, 0.4) is 0 Å². The third-order valence-corrected chi connectivity index (χ3v) is 3.00. The van der Waals surface area contributed by atoms with Crippen molar-refractivity contribution >= 4 is 11.5 Å². The number of hydrogen-bond donors (Lipinski definition) is 1. The second-order valence-electron chi connectivity index (χ2n) is 4.19. The zero-order chi connectivity index (χ0) is 12.3. The van der Waals surface area contributed by atoms with Gasteiger partial charge in [-0.05, 0) is 25.5 Å². The summed E-state index contributed by atoms with van der Waals surface area (Å²) < 4.78 is 0. The normalized spacial score (nSPS) is 19.2. The SMILES string of the molecule is O=C(CC1CCCN1)c1ccccc1[N+](=O)[O-]. The highest BCUT2D eigenvalue weighted by molar-refractivity contribution is 6.00. The summed E-state index contributed by atoms with van der Waals surface area (Å²) in [5.41, 5.74) is 0.113. The van der Waals surface area contributed by atoms with Crippen molar-refractivity contribution in [2.75, 3.05) is 6.54 Å². The number of nitrogens with zero attached hydrogens (tertiary/aromatic N) is 1. The van der Waals surface area contributed by atoms with Gasteiger partial charge in [0.05, 0.1) is 10.5 Å². The molecule has 0 amide bonds. The van der Waals surface area contributed by atoms with Crippen LogP contribution in [0.25, 0.3) is 0 Å². The van der Waals surface area contributed by atoms with E-state index in [4.69, 9.17) is 0 Å². The number of Topliss-reactive ketones (excluding diaryl/α,β-unsaturated/α-hetero) is 1. The lowest BCUT2D eigenvalue weighted by molar-refractivity contribution is -0.385. The van der Waals surface area contributed by atoms with E-state index in [-0.39, 0.29) is 23.1 Å². The Morgan fingerprint density at radius 2 is 2.24 bits per heavy atom. The predicted octanol–water partition coefficient (Wildman–Crippen LogP) is 1.92. The summed E-state index contributed by atoms with van der Waals surface area (Å²) in [7, 11) is 0. The molecule has 1 atom stereocenters. The maximum absolute atomic E-state index is 12.0. The van der Waals surface area contributed by atoms with E-state index in [1.165, 1.54) is 12.1 Å². The Morgan fingerprint density at radius 1 is 1.47 bits per heavy atom. The van der Waals surface area contributed by atoms with Crippen molar-refractivity contribution in [3.8, 4) is 0 Å². The van der Waals surface area contributed by atoms with Gasteiger partial charge in [-0.2, -0.15) is 0 Å². The van der Waals surface area contributed by atoms with Crippen molar-refractivity contribution in [2.45, 2.75) is 25.3 Å². The van der Waals surface area contributed by atoms with Crippen LogP contribution in [0.5, 0.6) is 0 Å². The Balaban J connectivity index is 2.15. The second-order valence-corrected chi connectivity index (χ2v) is 4.19. The Kier molecular flexibility index (Phi) is 3.49. The minimum Gasteiger partial charge on any atom is -0.314 e. The molecular weight excluding hydrogens is 220 g/mol. The largest absolute Gasteiger partial charge is 0.314 e. The van der Waals surface area contributed by atoms with Gasteiger partial charge in [-0.1, -0.05) is 12.1 Å². The fourth-order valence-corrected chi connectivity index (χ4v) is 2.13. The molecule has 1 aliphatic rings. The van der Waals surface area contributed by atoms with Crippen LogP contribution in [-0.4, -0.2) is 23.3 Å². The van der Waals surface area contributed by atoms with Gasteiger partial charge in [0.15, 0.2) is 5.78 Å². The molecule has 0 aromatic heterocycles. The monoisotopic (exact) mass is 234 g/mol. The number of rotatable bonds is 4. The van der Waals surface area contributed by atoms with Crippen LogP contribution in [0, 0.1) is 10.1 Å². The number of nitro benzene ring substituents is 1. The molecule has 1 N–H and O–H groups in total. The zero-order valence-electron chi connectivity index (χ0n) is 9.39. The Morgan fingerprint density at radius 3 is 2.88 bits per heavy atom. The first-order valence-electron chi connectivity index (χ1n) is 5.68. The van der Waals surface area contributed by atoms with Crippen molar-refractivity contribution in [3.63, 3.8) is 0 Å². The highest BCUT2D eigenvalue weighted by atomic mass is 16.6. The molecule has 2 rings (SSSR count). The van der Waals surface area contributed by atoms with Crippen molar-refractivity contribution in [1.82, 2.24) is 5.32 Å². The van der Waals surface area contributed by atoms with Gasteiger partial charge >= 0.3 is 0 Å². The minimum absolute atomic E-state index is 0.101. The summed E-state index contributed by atoms with van der Waals surface area (Å²) in [6, 6.07) is 6.29. The molecule has 5 heteroatoms. The van der Waals surface area contributed by atoms with Crippen molar-refractivity contribution in [1.29, 1.82) is 0 Å². The van der Waals surface area contributed by atoms with Crippen molar-refractivity contribution in [2.24, 2.45) is 0 Å². The Hall–Kier alpha value is -1.75. The number of benzene rings is 1. The van der Waals surface area contributed by atoms with Crippen LogP contribution in [0.4, 0.5) is 5.69 Å². The van der Waals surface area contributed by atoms with Crippen LogP contribution in [0.15, 0.2) is 24.3 Å². The van der Waals surface area contributed by atoms with E-state index < -0.39 is 4.92 Å². The predicted molar refractivity (Wildman–Crippen MR) is 63.1 cm³/mol. The number of nitro groups is 1. The molecular formula is C12H14N2O3. The topological polar surface area (TPSA) is 72.2 Å². The number of hydrogen-bond acceptors (Lipinski definition) is 4. The summed E-state index contributed by atoms with van der Waals surface area (Å²) in [5, 5.41) is 14.0. The molecule has 1 unspecified atom stereocenters. The molecule has 90 valence electrons. The van der Waals surface area contributed by atoms with Gasteiger partial charge in [-0.15, -0.1) is 0 Å². The maximum atomic E-state index is 12.0. The van der Waals surface area contributed by atoms with Gasteiger partial charge in [0, 0.05) is 18.5 Å². The van der Waals surface area contributed by atoms with Crippen LogP contribution in [0.2, 0.25) is 0 Å². The third-order valence-electron chi connectivity index (χ3n) is 3.00. The fraction of sp³-hybridized carbons (Fsp3) is 0.417. The average Bonchev–Trinajstić information content (AvgIpc) is 2.81. The van der Waals surface area contributed by atoms with E-state index in [1.807, 2.05) is 0 Å². The molecule has 1 aliphatic heterocycles. The first kappa shape index (κ1) is 11.7. The average molecular weight is 234 g/mol. The molecule has 0 aliphatic carbocycles. The smallest absolute Gasteiger partial charge is 0.280 e. The third kappa shape index (κ3) is 2.68. The summed E-state index contributed by atoms with van der Waals surface area (Å²) in [6.45, 7) is 0.925. The van der Waals surface area contributed by atoms with E-state index in [9.17, 15) is 14.9 Å². The molecule has 1 aromatic rings. The van der Waals surface area contributed by atoms with Gasteiger partial charge in [-0.3, -0.25) is 14.9 Å². The van der Waals surface area contributed by atoms with Gasteiger partial charge < -0.3 is 5.32 Å². The Bertz CT molecular complexity index is 439. The zero-order valence-corrected chi connectivity index (χ0v) is 9.39. The molecule has 1 heterocycles. The van der Waals surface area contributed by atoms with Gasteiger partial charge in [0.2, 0.25) is 0 Å². The molecule has 0 radical (unpaired) electrons. The molecule has 0 spiro atoms. The van der Waals surface area contributed by atoms with Gasteiger partial charge in [0.1, 0.15) is 0 Å². The summed E-state index contributed by atoms with van der Waals surface area (Å²) in [4.78, 5) is 22.3. The van der Waals surface area contributed by atoms with Crippen LogP contribution >= 0.6 is 0 Å². The standard InChI is InChI=1S/C12H14N2O3/c15-12(8-9-4-3-7-13-9)10-5-1-2-6-11(10)14(16)17/h1-2,5-6,9,13H,3-4,7-8H2. The molecule has 17 heavy (non-hydrogen) atoms. The minimum atomic E-state index is -0.505. The molecule has 5 nitrogen and oxygen atoms in total. The van der Waals surface area contributed by atoms with Crippen LogP contribution < -0.4 is 5.32 Å². The quantitative estimate of drug-likeness (QED) is 0.490. The first-order valence-corrected chi connectivity index (χ1v) is 5.68. The van der Waals surface area contributed by atoms with Crippen molar-refractivity contribution in [3.05, 3.63) is 39.9 Å². The number of ketones is 1. The first-order chi connectivity index (χ1) is 8.18. The van der Waals surface area contributed by atoms with Crippen LogP contribution in [0.1, 0.15) is 29.6 Å².